The third-order valence-electron chi connectivity index (χ3n) is 6.69. The summed E-state index contributed by atoms with van der Waals surface area (Å²) in [7, 11) is -4.11. The summed E-state index contributed by atoms with van der Waals surface area (Å²) in [4.78, 5) is 16.2. The van der Waals surface area contributed by atoms with Crippen LogP contribution < -0.4 is 15.0 Å². The van der Waals surface area contributed by atoms with Crippen LogP contribution in [0.2, 0.25) is 0 Å². The summed E-state index contributed by atoms with van der Waals surface area (Å²) in [6.07, 6.45) is 0. The van der Waals surface area contributed by atoms with Crippen LogP contribution >= 0.6 is 11.7 Å². The summed E-state index contributed by atoms with van der Waals surface area (Å²) in [6, 6.07) is 14.5. The maximum atomic E-state index is 14.3. The number of benzene rings is 3. The first-order chi connectivity index (χ1) is 18.2. The second kappa shape index (κ2) is 9.19. The number of rotatable bonds is 6. The minimum atomic E-state index is -4.11. The number of pyridine rings is 1. The second-order valence-electron chi connectivity index (χ2n) is 9.47. The molecule has 11 heteroatoms. The Hall–Kier alpha value is -3.80. The van der Waals surface area contributed by atoms with Gasteiger partial charge in [0.2, 0.25) is 16.8 Å². The smallest absolute Gasteiger partial charge is 0.252 e. The number of ether oxygens (including phenoxy) is 2. The molecule has 9 nitrogen and oxygen atoms in total. The third kappa shape index (κ3) is 4.22. The molecule has 5 aromatic rings. The summed E-state index contributed by atoms with van der Waals surface area (Å²) in [5, 5.41) is 0.847. The number of H-pyrrole nitrogens is 1. The van der Waals surface area contributed by atoms with Crippen LogP contribution in [-0.4, -0.2) is 33.2 Å². The van der Waals surface area contributed by atoms with E-state index >= 15 is 0 Å². The molecule has 194 valence electrons. The molecule has 1 aliphatic rings. The molecule has 3 aromatic carbocycles. The number of fused-ring (bicyclic) bond motifs is 3. The van der Waals surface area contributed by atoms with Crippen LogP contribution in [0.25, 0.3) is 21.9 Å². The van der Waals surface area contributed by atoms with E-state index in [-0.39, 0.29) is 30.3 Å². The van der Waals surface area contributed by atoms with Crippen LogP contribution in [0.4, 0.5) is 0 Å². The van der Waals surface area contributed by atoms with Gasteiger partial charge in [0.25, 0.3) is 5.56 Å². The fourth-order valence-corrected chi connectivity index (χ4v) is 7.25. The normalized spacial score (nSPS) is 13.2. The van der Waals surface area contributed by atoms with Crippen LogP contribution in [0.15, 0.2) is 58.2 Å². The van der Waals surface area contributed by atoms with Crippen LogP contribution in [0.5, 0.6) is 11.5 Å². The van der Waals surface area contributed by atoms with Crippen LogP contribution in [0.1, 0.15) is 27.8 Å². The van der Waals surface area contributed by atoms with E-state index in [2.05, 4.69) is 13.7 Å². The average molecular weight is 549 g/mol. The van der Waals surface area contributed by atoms with Gasteiger partial charge in [-0.3, -0.25) is 4.79 Å². The molecule has 38 heavy (non-hydrogen) atoms. The Bertz CT molecular complexity index is 1900. The zero-order chi connectivity index (χ0) is 26.6. The minimum absolute atomic E-state index is 0.0106. The number of hydrogen-bond donors (Lipinski definition) is 1. The Labute approximate surface area is 223 Å². The van der Waals surface area contributed by atoms with Crippen molar-refractivity contribution in [2.75, 3.05) is 6.79 Å². The van der Waals surface area contributed by atoms with Crippen molar-refractivity contribution in [1.82, 2.24) is 18.0 Å². The average Bonchev–Trinajstić information content (AvgIpc) is 3.53. The molecule has 0 fully saturated rings. The van der Waals surface area contributed by atoms with Crippen molar-refractivity contribution in [3.8, 4) is 11.5 Å². The highest BCUT2D eigenvalue weighted by Crippen LogP contribution is 2.35. The number of sulfonamides is 1. The lowest BCUT2D eigenvalue weighted by Gasteiger charge is -2.23. The summed E-state index contributed by atoms with van der Waals surface area (Å²) in [6.45, 7) is 5.65. The molecule has 1 aliphatic heterocycles. The fraction of sp³-hybridized carbons (Fsp3) is 0.222. The lowest BCUT2D eigenvalue weighted by Crippen LogP contribution is -2.33. The molecule has 0 unspecified atom stereocenters. The Morgan fingerprint density at radius 2 is 1.76 bits per heavy atom. The first-order valence-electron chi connectivity index (χ1n) is 11.9. The quantitative estimate of drug-likeness (QED) is 0.330. The highest BCUT2D eigenvalue weighted by atomic mass is 32.2. The van der Waals surface area contributed by atoms with Gasteiger partial charge < -0.3 is 14.5 Å². The standard InChI is InChI=1S/C27H24N4O5S2/c1-15-8-17(3)24-19(9-15)11-20(27(32)28-24)13-31(12-18-5-7-22-23(10-18)36-14-35-22)38(33,34)26-16(2)4-6-21-25(26)30-37-29-21/h4-11H,12-14H2,1-3H3,(H,28,32). The number of aromatic nitrogens is 3. The lowest BCUT2D eigenvalue weighted by molar-refractivity contribution is 0.174. The minimum Gasteiger partial charge on any atom is -0.454 e. The maximum absolute atomic E-state index is 14.3. The summed E-state index contributed by atoms with van der Waals surface area (Å²) in [5.41, 5.74) is 4.84. The van der Waals surface area contributed by atoms with Gasteiger partial charge >= 0.3 is 0 Å². The van der Waals surface area contributed by atoms with Gasteiger partial charge in [-0.2, -0.15) is 13.1 Å². The molecule has 0 saturated carbocycles. The van der Waals surface area contributed by atoms with Crippen molar-refractivity contribution in [1.29, 1.82) is 0 Å². The van der Waals surface area contributed by atoms with E-state index in [0.717, 1.165) is 33.8 Å². The van der Waals surface area contributed by atoms with E-state index in [1.54, 1.807) is 43.3 Å². The van der Waals surface area contributed by atoms with Crippen LogP contribution in [-0.2, 0) is 23.1 Å². The van der Waals surface area contributed by atoms with Crippen LogP contribution in [0, 0.1) is 20.8 Å². The first-order valence-corrected chi connectivity index (χ1v) is 14.1. The Kier molecular flexibility index (Phi) is 5.93. The van der Waals surface area contributed by atoms with E-state index in [0.29, 0.717) is 39.2 Å². The Balaban J connectivity index is 1.49. The SMILES string of the molecule is Cc1cc(C)c2[nH]c(=O)c(CN(Cc3ccc4c(c3)OCO4)S(=O)(=O)c3c(C)ccc4nsnc34)cc2c1. The molecule has 0 atom stereocenters. The van der Waals surface area contributed by atoms with Gasteiger partial charge in [0.05, 0.1) is 17.2 Å². The molecule has 3 heterocycles. The molecule has 0 radical (unpaired) electrons. The van der Waals surface area contributed by atoms with E-state index in [4.69, 9.17) is 9.47 Å². The van der Waals surface area contributed by atoms with Crippen molar-refractivity contribution in [2.24, 2.45) is 0 Å². The number of hydrogen-bond acceptors (Lipinski definition) is 8. The van der Waals surface area contributed by atoms with Crippen molar-refractivity contribution < 1.29 is 17.9 Å². The summed E-state index contributed by atoms with van der Waals surface area (Å²) >= 11 is 0.963. The van der Waals surface area contributed by atoms with Gasteiger partial charge in [0.15, 0.2) is 11.5 Å². The molecule has 0 bridgehead atoms. The maximum Gasteiger partial charge on any atom is 0.252 e. The van der Waals surface area contributed by atoms with E-state index in [1.807, 2.05) is 26.0 Å². The third-order valence-corrected chi connectivity index (χ3v) is 9.20. The van der Waals surface area contributed by atoms with Gasteiger partial charge in [-0.15, -0.1) is 0 Å². The molecule has 0 saturated heterocycles. The van der Waals surface area contributed by atoms with Crippen molar-refractivity contribution >= 4 is 43.7 Å². The number of nitrogens with zero attached hydrogens (tertiary/aromatic N) is 3. The lowest BCUT2D eigenvalue weighted by atomic mass is 10.1. The van der Waals surface area contributed by atoms with Gasteiger partial charge in [0, 0.05) is 18.7 Å². The van der Waals surface area contributed by atoms with Crippen molar-refractivity contribution in [3.05, 3.63) is 86.7 Å². The van der Waals surface area contributed by atoms with E-state index < -0.39 is 10.0 Å². The van der Waals surface area contributed by atoms with Gasteiger partial charge in [-0.05, 0) is 73.2 Å². The highest BCUT2D eigenvalue weighted by Gasteiger charge is 2.31. The van der Waals surface area contributed by atoms with Gasteiger partial charge in [-0.1, -0.05) is 23.8 Å². The molecule has 6 rings (SSSR count). The number of aryl methyl sites for hydroxylation is 3. The largest absolute Gasteiger partial charge is 0.454 e. The predicted molar refractivity (Wildman–Crippen MR) is 145 cm³/mol. The molecular weight excluding hydrogens is 524 g/mol. The molecule has 0 spiro atoms. The second-order valence-corrected chi connectivity index (χ2v) is 11.9. The van der Waals surface area contributed by atoms with Crippen LogP contribution in [0.3, 0.4) is 0 Å². The zero-order valence-electron chi connectivity index (χ0n) is 20.9. The van der Waals surface area contributed by atoms with E-state index in [1.165, 1.54) is 4.31 Å². The summed E-state index contributed by atoms with van der Waals surface area (Å²) < 4.78 is 49.3. The number of aromatic amines is 1. The fourth-order valence-electron chi connectivity index (χ4n) is 4.89. The first kappa shape index (κ1) is 24.5. The Morgan fingerprint density at radius 3 is 2.61 bits per heavy atom. The number of nitrogens with one attached hydrogen (secondary N) is 1. The highest BCUT2D eigenvalue weighted by molar-refractivity contribution is 7.89. The monoisotopic (exact) mass is 548 g/mol. The Morgan fingerprint density at radius 1 is 0.947 bits per heavy atom. The topological polar surface area (TPSA) is 114 Å². The zero-order valence-corrected chi connectivity index (χ0v) is 22.6. The van der Waals surface area contributed by atoms with Crippen molar-refractivity contribution in [2.45, 2.75) is 38.8 Å². The molecule has 1 N–H and O–H groups in total. The van der Waals surface area contributed by atoms with Gasteiger partial charge in [-0.25, -0.2) is 8.42 Å². The summed E-state index contributed by atoms with van der Waals surface area (Å²) in [5.74, 6) is 1.16. The molecular formula is C27H24N4O5S2. The van der Waals surface area contributed by atoms with Crippen molar-refractivity contribution in [3.63, 3.8) is 0 Å². The molecule has 0 amide bonds. The molecule has 2 aromatic heterocycles. The predicted octanol–water partition coefficient (Wildman–Crippen LogP) is 4.58. The van der Waals surface area contributed by atoms with Gasteiger partial charge in [0.1, 0.15) is 15.9 Å². The van der Waals surface area contributed by atoms with E-state index in [9.17, 15) is 13.2 Å². The molecule has 0 aliphatic carbocycles.